The molecule has 0 aliphatic carbocycles. The SMILES string of the molecule is Cc1cc(C)c(N2CC(C)NCCC2C)c(Cl)c1. The Labute approximate surface area is 115 Å². The van der Waals surface area contributed by atoms with Crippen LogP contribution < -0.4 is 10.2 Å². The molecule has 1 aliphatic heterocycles. The first-order valence-corrected chi connectivity index (χ1v) is 7.13. The van der Waals surface area contributed by atoms with Crippen molar-refractivity contribution in [2.45, 2.75) is 46.2 Å². The Morgan fingerprint density at radius 2 is 2.00 bits per heavy atom. The van der Waals surface area contributed by atoms with Crippen molar-refractivity contribution < 1.29 is 0 Å². The molecule has 0 amide bonds. The molecule has 0 bridgehead atoms. The van der Waals surface area contributed by atoms with E-state index in [1.54, 1.807) is 0 Å². The fourth-order valence-corrected chi connectivity index (χ4v) is 3.25. The highest BCUT2D eigenvalue weighted by molar-refractivity contribution is 6.33. The monoisotopic (exact) mass is 266 g/mol. The van der Waals surface area contributed by atoms with Gasteiger partial charge in [-0.1, -0.05) is 17.7 Å². The molecule has 2 atom stereocenters. The van der Waals surface area contributed by atoms with Gasteiger partial charge < -0.3 is 10.2 Å². The van der Waals surface area contributed by atoms with Crippen molar-refractivity contribution in [3.8, 4) is 0 Å². The Balaban J connectivity index is 2.39. The number of hydrogen-bond acceptors (Lipinski definition) is 2. The van der Waals surface area contributed by atoms with Crippen LogP contribution in [0.15, 0.2) is 12.1 Å². The average Bonchev–Trinajstić information content (AvgIpc) is 2.40. The second-order valence-corrected chi connectivity index (χ2v) is 5.96. The van der Waals surface area contributed by atoms with E-state index in [1.807, 2.05) is 0 Å². The van der Waals surface area contributed by atoms with Crippen LogP contribution in [0.3, 0.4) is 0 Å². The Bertz CT molecular complexity index is 407. The Morgan fingerprint density at radius 3 is 2.67 bits per heavy atom. The summed E-state index contributed by atoms with van der Waals surface area (Å²) >= 11 is 6.47. The summed E-state index contributed by atoms with van der Waals surface area (Å²) in [6.45, 7) is 10.9. The molecular formula is C15H23ClN2. The summed E-state index contributed by atoms with van der Waals surface area (Å²) in [6.07, 6.45) is 1.16. The minimum Gasteiger partial charge on any atom is -0.366 e. The van der Waals surface area contributed by atoms with Gasteiger partial charge in [0.2, 0.25) is 0 Å². The highest BCUT2D eigenvalue weighted by Crippen LogP contribution is 2.33. The first-order valence-electron chi connectivity index (χ1n) is 6.76. The minimum atomic E-state index is 0.506. The molecule has 0 spiro atoms. The Morgan fingerprint density at radius 1 is 1.28 bits per heavy atom. The van der Waals surface area contributed by atoms with Crippen molar-refractivity contribution in [2.24, 2.45) is 0 Å². The molecule has 1 N–H and O–H groups in total. The second kappa shape index (κ2) is 5.50. The van der Waals surface area contributed by atoms with Gasteiger partial charge in [-0.05, 0) is 57.9 Å². The lowest BCUT2D eigenvalue weighted by molar-refractivity contribution is 0.584. The molecule has 2 nitrogen and oxygen atoms in total. The van der Waals surface area contributed by atoms with Crippen LogP contribution in [-0.2, 0) is 0 Å². The van der Waals surface area contributed by atoms with E-state index in [0.29, 0.717) is 12.1 Å². The van der Waals surface area contributed by atoms with Crippen LogP contribution in [0.1, 0.15) is 31.4 Å². The normalized spacial score (nSPS) is 25.1. The molecule has 1 heterocycles. The summed E-state index contributed by atoms with van der Waals surface area (Å²) in [5, 5.41) is 4.42. The summed E-state index contributed by atoms with van der Waals surface area (Å²) in [6, 6.07) is 5.32. The Hall–Kier alpha value is -0.730. The van der Waals surface area contributed by atoms with Gasteiger partial charge in [0.25, 0.3) is 0 Å². The molecule has 100 valence electrons. The lowest BCUT2D eigenvalue weighted by Gasteiger charge is -2.33. The van der Waals surface area contributed by atoms with E-state index in [-0.39, 0.29) is 0 Å². The fourth-order valence-electron chi connectivity index (χ4n) is 2.82. The summed E-state index contributed by atoms with van der Waals surface area (Å²) in [4.78, 5) is 2.46. The molecular weight excluding hydrogens is 244 g/mol. The Kier molecular flexibility index (Phi) is 4.18. The molecule has 0 aromatic heterocycles. The molecule has 1 aromatic carbocycles. The lowest BCUT2D eigenvalue weighted by Crippen LogP contribution is -2.39. The zero-order valence-corrected chi connectivity index (χ0v) is 12.5. The maximum atomic E-state index is 6.47. The van der Waals surface area contributed by atoms with Crippen molar-refractivity contribution in [3.63, 3.8) is 0 Å². The number of anilines is 1. The zero-order chi connectivity index (χ0) is 13.3. The third kappa shape index (κ3) is 2.81. The van der Waals surface area contributed by atoms with Crippen LogP contribution in [0.25, 0.3) is 0 Å². The molecule has 18 heavy (non-hydrogen) atoms. The van der Waals surface area contributed by atoms with Crippen molar-refractivity contribution in [2.75, 3.05) is 18.0 Å². The van der Waals surface area contributed by atoms with Gasteiger partial charge in [-0.25, -0.2) is 0 Å². The molecule has 1 saturated heterocycles. The van der Waals surface area contributed by atoms with E-state index in [9.17, 15) is 0 Å². The molecule has 0 saturated carbocycles. The van der Waals surface area contributed by atoms with Crippen LogP contribution in [0.4, 0.5) is 5.69 Å². The number of nitrogens with zero attached hydrogens (tertiary/aromatic N) is 1. The van der Waals surface area contributed by atoms with Crippen molar-refractivity contribution in [1.82, 2.24) is 5.32 Å². The van der Waals surface area contributed by atoms with Gasteiger partial charge >= 0.3 is 0 Å². The lowest BCUT2D eigenvalue weighted by atomic mass is 10.1. The van der Waals surface area contributed by atoms with Crippen LogP contribution in [0.2, 0.25) is 5.02 Å². The first kappa shape index (κ1) is 13.7. The molecule has 3 heteroatoms. The molecule has 2 rings (SSSR count). The number of nitrogens with one attached hydrogen (secondary N) is 1. The highest BCUT2D eigenvalue weighted by atomic mass is 35.5. The standard InChI is InChI=1S/C15H23ClN2/c1-10-7-11(2)15(14(16)8-10)18-9-12(3)17-6-5-13(18)4/h7-8,12-13,17H,5-6,9H2,1-4H3. The van der Waals surface area contributed by atoms with Crippen LogP contribution in [-0.4, -0.2) is 25.2 Å². The van der Waals surface area contributed by atoms with E-state index >= 15 is 0 Å². The largest absolute Gasteiger partial charge is 0.366 e. The number of hydrogen-bond donors (Lipinski definition) is 1. The van der Waals surface area contributed by atoms with Crippen molar-refractivity contribution in [3.05, 3.63) is 28.3 Å². The van der Waals surface area contributed by atoms with Crippen LogP contribution in [0, 0.1) is 13.8 Å². The molecule has 1 aromatic rings. The molecule has 2 unspecified atom stereocenters. The van der Waals surface area contributed by atoms with E-state index < -0.39 is 0 Å². The predicted molar refractivity (Wildman–Crippen MR) is 79.8 cm³/mol. The molecule has 1 fully saturated rings. The van der Waals surface area contributed by atoms with Gasteiger partial charge in [-0.2, -0.15) is 0 Å². The summed E-state index contributed by atoms with van der Waals surface area (Å²) in [5.74, 6) is 0. The van der Waals surface area contributed by atoms with Gasteiger partial charge in [0.15, 0.2) is 0 Å². The second-order valence-electron chi connectivity index (χ2n) is 5.56. The molecule has 0 radical (unpaired) electrons. The zero-order valence-electron chi connectivity index (χ0n) is 11.8. The van der Waals surface area contributed by atoms with E-state index in [0.717, 1.165) is 24.5 Å². The topological polar surface area (TPSA) is 15.3 Å². The van der Waals surface area contributed by atoms with Crippen molar-refractivity contribution >= 4 is 17.3 Å². The van der Waals surface area contributed by atoms with Crippen molar-refractivity contribution in [1.29, 1.82) is 0 Å². The molecule has 1 aliphatic rings. The highest BCUT2D eigenvalue weighted by Gasteiger charge is 2.23. The first-order chi connectivity index (χ1) is 8.49. The van der Waals surface area contributed by atoms with Gasteiger partial charge in [-0.3, -0.25) is 0 Å². The third-order valence-electron chi connectivity index (χ3n) is 3.74. The van der Waals surface area contributed by atoms with Crippen LogP contribution >= 0.6 is 11.6 Å². The van der Waals surface area contributed by atoms with Crippen LogP contribution in [0.5, 0.6) is 0 Å². The summed E-state index contributed by atoms with van der Waals surface area (Å²) in [7, 11) is 0. The summed E-state index contributed by atoms with van der Waals surface area (Å²) < 4.78 is 0. The van der Waals surface area contributed by atoms with Gasteiger partial charge in [-0.15, -0.1) is 0 Å². The maximum Gasteiger partial charge on any atom is 0.0645 e. The quantitative estimate of drug-likeness (QED) is 0.837. The van der Waals surface area contributed by atoms with Gasteiger partial charge in [0, 0.05) is 18.6 Å². The average molecular weight is 267 g/mol. The van der Waals surface area contributed by atoms with E-state index in [4.69, 9.17) is 11.6 Å². The van der Waals surface area contributed by atoms with Gasteiger partial charge in [0.1, 0.15) is 0 Å². The van der Waals surface area contributed by atoms with E-state index in [1.165, 1.54) is 16.8 Å². The minimum absolute atomic E-state index is 0.506. The smallest absolute Gasteiger partial charge is 0.0645 e. The number of aryl methyl sites for hydroxylation is 2. The fraction of sp³-hybridized carbons (Fsp3) is 0.600. The maximum absolute atomic E-state index is 6.47. The van der Waals surface area contributed by atoms with Gasteiger partial charge in [0.05, 0.1) is 10.7 Å². The van der Waals surface area contributed by atoms with E-state index in [2.05, 4.69) is 50.0 Å². The number of halogens is 1. The third-order valence-corrected chi connectivity index (χ3v) is 4.03. The number of benzene rings is 1. The number of rotatable bonds is 1. The predicted octanol–water partition coefficient (Wildman–Crippen LogP) is 3.53. The summed E-state index contributed by atoms with van der Waals surface area (Å²) in [5.41, 5.74) is 3.72.